The third-order valence-electron chi connectivity index (χ3n) is 5.43. The van der Waals surface area contributed by atoms with Gasteiger partial charge in [-0.05, 0) is 56.0 Å². The van der Waals surface area contributed by atoms with Gasteiger partial charge in [0, 0.05) is 18.2 Å². The standard InChI is InChI=1S/C24H41NO2/c1-19(2)12-14-26-23-11-10-22(24(16-23)27-15-13-20(3)4)18-25-17-21-8-6-5-7-9-21/h10-11,16,19-21,25H,5-9,12-15,17-18H2,1-4H3. The number of hydrogen-bond acceptors (Lipinski definition) is 3. The van der Waals surface area contributed by atoms with Crippen molar-refractivity contribution in [1.82, 2.24) is 5.32 Å². The Morgan fingerprint density at radius 2 is 1.59 bits per heavy atom. The molecule has 1 aliphatic carbocycles. The first-order valence-corrected chi connectivity index (χ1v) is 11.1. The van der Waals surface area contributed by atoms with Gasteiger partial charge >= 0.3 is 0 Å². The first-order chi connectivity index (χ1) is 13.0. The van der Waals surface area contributed by atoms with E-state index in [0.29, 0.717) is 11.8 Å². The van der Waals surface area contributed by atoms with E-state index in [-0.39, 0.29) is 0 Å². The zero-order chi connectivity index (χ0) is 19.5. The minimum atomic E-state index is 0.656. The Bertz CT molecular complexity index is 521. The van der Waals surface area contributed by atoms with Crippen molar-refractivity contribution in [3.05, 3.63) is 23.8 Å². The number of nitrogens with one attached hydrogen (secondary N) is 1. The molecule has 1 fully saturated rings. The Morgan fingerprint density at radius 1 is 0.926 bits per heavy atom. The zero-order valence-electron chi connectivity index (χ0n) is 18.1. The van der Waals surface area contributed by atoms with Gasteiger partial charge < -0.3 is 14.8 Å². The molecule has 1 aromatic carbocycles. The van der Waals surface area contributed by atoms with Crippen LogP contribution in [-0.2, 0) is 6.54 Å². The molecule has 1 aromatic rings. The maximum Gasteiger partial charge on any atom is 0.127 e. The normalized spacial score (nSPS) is 15.5. The van der Waals surface area contributed by atoms with E-state index in [2.05, 4.69) is 51.2 Å². The van der Waals surface area contributed by atoms with Crippen molar-refractivity contribution in [2.75, 3.05) is 19.8 Å². The lowest BCUT2D eigenvalue weighted by Gasteiger charge is -2.22. The Morgan fingerprint density at radius 3 is 2.26 bits per heavy atom. The third-order valence-corrected chi connectivity index (χ3v) is 5.43. The van der Waals surface area contributed by atoms with Crippen LogP contribution in [0.5, 0.6) is 11.5 Å². The van der Waals surface area contributed by atoms with Crippen LogP contribution in [0.3, 0.4) is 0 Å². The lowest BCUT2D eigenvalue weighted by atomic mass is 9.89. The van der Waals surface area contributed by atoms with E-state index in [1.54, 1.807) is 0 Å². The molecule has 0 spiro atoms. The maximum atomic E-state index is 6.14. The molecule has 0 aliphatic heterocycles. The van der Waals surface area contributed by atoms with Crippen LogP contribution in [0.2, 0.25) is 0 Å². The van der Waals surface area contributed by atoms with Crippen molar-refractivity contribution in [3.8, 4) is 11.5 Å². The molecule has 0 amide bonds. The first kappa shape index (κ1) is 22.1. The zero-order valence-corrected chi connectivity index (χ0v) is 18.1. The summed E-state index contributed by atoms with van der Waals surface area (Å²) in [7, 11) is 0. The van der Waals surface area contributed by atoms with Crippen molar-refractivity contribution in [3.63, 3.8) is 0 Å². The first-order valence-electron chi connectivity index (χ1n) is 11.1. The summed E-state index contributed by atoms with van der Waals surface area (Å²) in [5.74, 6) is 4.07. The Labute approximate surface area is 167 Å². The molecule has 0 unspecified atom stereocenters. The van der Waals surface area contributed by atoms with Crippen molar-refractivity contribution < 1.29 is 9.47 Å². The van der Waals surface area contributed by atoms with Crippen LogP contribution in [0, 0.1) is 17.8 Å². The molecule has 1 N–H and O–H groups in total. The molecule has 154 valence electrons. The maximum absolute atomic E-state index is 6.14. The number of benzene rings is 1. The molecule has 0 atom stereocenters. The Hall–Kier alpha value is -1.22. The second-order valence-corrected chi connectivity index (χ2v) is 8.97. The second-order valence-electron chi connectivity index (χ2n) is 8.97. The minimum Gasteiger partial charge on any atom is -0.493 e. The fourth-order valence-corrected chi connectivity index (χ4v) is 3.52. The number of hydrogen-bond donors (Lipinski definition) is 1. The third kappa shape index (κ3) is 9.01. The van der Waals surface area contributed by atoms with Crippen molar-refractivity contribution in [1.29, 1.82) is 0 Å². The van der Waals surface area contributed by atoms with Crippen molar-refractivity contribution in [2.45, 2.75) is 79.2 Å². The van der Waals surface area contributed by atoms with Gasteiger partial charge in [-0.2, -0.15) is 0 Å². The van der Waals surface area contributed by atoms with E-state index < -0.39 is 0 Å². The molecule has 0 aromatic heterocycles. The highest BCUT2D eigenvalue weighted by Gasteiger charge is 2.13. The molecule has 1 aliphatic rings. The fraction of sp³-hybridized carbons (Fsp3) is 0.750. The van der Waals surface area contributed by atoms with Gasteiger partial charge in [-0.3, -0.25) is 0 Å². The summed E-state index contributed by atoms with van der Waals surface area (Å²) in [6.45, 7) is 12.5. The quantitative estimate of drug-likeness (QED) is 0.471. The summed E-state index contributed by atoms with van der Waals surface area (Å²) in [5.41, 5.74) is 1.24. The van der Waals surface area contributed by atoms with Crippen LogP contribution in [0.1, 0.15) is 78.2 Å². The van der Waals surface area contributed by atoms with Gasteiger partial charge in [0.15, 0.2) is 0 Å². The van der Waals surface area contributed by atoms with E-state index in [1.165, 1.54) is 37.7 Å². The molecule has 3 heteroatoms. The van der Waals surface area contributed by atoms with Gasteiger partial charge in [0.05, 0.1) is 13.2 Å². The van der Waals surface area contributed by atoms with E-state index in [1.807, 2.05) is 0 Å². The topological polar surface area (TPSA) is 30.5 Å². The van der Waals surface area contributed by atoms with Crippen molar-refractivity contribution in [2.24, 2.45) is 17.8 Å². The van der Waals surface area contributed by atoms with Crippen LogP contribution >= 0.6 is 0 Å². The highest BCUT2D eigenvalue weighted by atomic mass is 16.5. The average molecular weight is 376 g/mol. The van der Waals surface area contributed by atoms with E-state index in [9.17, 15) is 0 Å². The second kappa shape index (κ2) is 12.3. The van der Waals surface area contributed by atoms with E-state index in [0.717, 1.165) is 56.6 Å². The van der Waals surface area contributed by atoms with Gasteiger partial charge in [0.1, 0.15) is 11.5 Å². The fourth-order valence-electron chi connectivity index (χ4n) is 3.52. The molecule has 0 bridgehead atoms. The van der Waals surface area contributed by atoms with Crippen LogP contribution in [0.25, 0.3) is 0 Å². The Balaban J connectivity index is 1.90. The SMILES string of the molecule is CC(C)CCOc1ccc(CNCC2CCCCC2)c(OCCC(C)C)c1. The monoisotopic (exact) mass is 375 g/mol. The number of rotatable bonds is 12. The highest BCUT2D eigenvalue weighted by molar-refractivity contribution is 5.40. The summed E-state index contributed by atoms with van der Waals surface area (Å²) in [6, 6.07) is 6.34. The summed E-state index contributed by atoms with van der Waals surface area (Å²) in [5, 5.41) is 3.67. The molecule has 27 heavy (non-hydrogen) atoms. The minimum absolute atomic E-state index is 0.656. The predicted octanol–water partition coefficient (Wildman–Crippen LogP) is 6.21. The molecule has 1 saturated carbocycles. The molecular weight excluding hydrogens is 334 g/mol. The summed E-state index contributed by atoms with van der Waals surface area (Å²) in [4.78, 5) is 0. The van der Waals surface area contributed by atoms with Gasteiger partial charge in [0.25, 0.3) is 0 Å². The van der Waals surface area contributed by atoms with Gasteiger partial charge in [-0.1, -0.05) is 53.0 Å². The highest BCUT2D eigenvalue weighted by Crippen LogP contribution is 2.27. The molecule has 3 nitrogen and oxygen atoms in total. The van der Waals surface area contributed by atoms with Crippen molar-refractivity contribution >= 4 is 0 Å². The predicted molar refractivity (Wildman–Crippen MR) is 115 cm³/mol. The molecular formula is C24H41NO2. The summed E-state index contributed by atoms with van der Waals surface area (Å²) in [6.07, 6.45) is 9.14. The van der Waals surface area contributed by atoms with Crippen LogP contribution in [0.15, 0.2) is 18.2 Å². The summed E-state index contributed by atoms with van der Waals surface area (Å²) >= 11 is 0. The number of ether oxygens (including phenoxy) is 2. The lowest BCUT2D eigenvalue weighted by Crippen LogP contribution is -2.24. The van der Waals surface area contributed by atoms with Gasteiger partial charge in [-0.15, -0.1) is 0 Å². The smallest absolute Gasteiger partial charge is 0.127 e. The average Bonchev–Trinajstić information content (AvgIpc) is 2.63. The summed E-state index contributed by atoms with van der Waals surface area (Å²) < 4.78 is 12.1. The Kier molecular flexibility index (Phi) is 10.0. The van der Waals surface area contributed by atoms with Crippen LogP contribution < -0.4 is 14.8 Å². The molecule has 0 radical (unpaired) electrons. The van der Waals surface area contributed by atoms with Crippen LogP contribution in [0.4, 0.5) is 0 Å². The molecule has 0 heterocycles. The van der Waals surface area contributed by atoms with Gasteiger partial charge in [-0.25, -0.2) is 0 Å². The molecule has 2 rings (SSSR count). The van der Waals surface area contributed by atoms with Crippen LogP contribution in [-0.4, -0.2) is 19.8 Å². The van der Waals surface area contributed by atoms with E-state index >= 15 is 0 Å². The lowest BCUT2D eigenvalue weighted by molar-refractivity contribution is 0.273. The van der Waals surface area contributed by atoms with E-state index in [4.69, 9.17) is 9.47 Å². The molecule has 0 saturated heterocycles. The van der Waals surface area contributed by atoms with Gasteiger partial charge in [0.2, 0.25) is 0 Å². The largest absolute Gasteiger partial charge is 0.493 e.